The van der Waals surface area contributed by atoms with Crippen molar-refractivity contribution in [1.82, 2.24) is 10.2 Å². The number of anilines is 2. The van der Waals surface area contributed by atoms with Crippen molar-refractivity contribution in [2.24, 2.45) is 0 Å². The maximum absolute atomic E-state index is 13.4. The molecule has 0 spiro atoms. The highest BCUT2D eigenvalue weighted by Crippen LogP contribution is 2.43. The summed E-state index contributed by atoms with van der Waals surface area (Å²) in [4.78, 5) is 55.7. The molecule has 1 atom stereocenters. The number of imide groups is 1. The lowest BCUT2D eigenvalue weighted by Gasteiger charge is -2.30. The normalized spacial score (nSPS) is 20.8. The molecular formula is C26H30N4O5. The van der Waals surface area contributed by atoms with Crippen LogP contribution in [0.3, 0.4) is 0 Å². The Hall–Kier alpha value is -3.62. The zero-order valence-electron chi connectivity index (χ0n) is 20.3. The molecule has 0 radical (unpaired) electrons. The summed E-state index contributed by atoms with van der Waals surface area (Å²) in [6, 6.07) is 8.82. The molecular weight excluding hydrogens is 448 g/mol. The molecule has 2 saturated heterocycles. The maximum atomic E-state index is 13.4. The maximum Gasteiger partial charge on any atom is 0.410 e. The Kier molecular flexibility index (Phi) is 5.65. The number of hydrogen-bond donors (Lipinski definition) is 1. The van der Waals surface area contributed by atoms with Gasteiger partial charge in [0, 0.05) is 49.1 Å². The molecule has 5 rings (SSSR count). The standard InChI is InChI=1S/C26H30N4O5/c1-26(2,3)35-25(34)29-13-5-12-28(14-15-29)18-9-8-17-22-16(18)6-4-7-19(22)30(24(17)33)20-10-11-21(31)27-23(20)32/h4,6-9,20H,5,10-15H2,1-3H3,(H,27,31,32). The minimum atomic E-state index is -0.706. The molecule has 3 aliphatic heterocycles. The summed E-state index contributed by atoms with van der Waals surface area (Å²) in [6.45, 7) is 8.16. The smallest absolute Gasteiger partial charge is 0.410 e. The number of hydrogen-bond acceptors (Lipinski definition) is 6. The summed E-state index contributed by atoms with van der Waals surface area (Å²) in [5.74, 6) is -0.962. The van der Waals surface area contributed by atoms with Gasteiger partial charge in [-0.05, 0) is 51.8 Å². The number of piperidine rings is 1. The highest BCUT2D eigenvalue weighted by molar-refractivity contribution is 6.28. The van der Waals surface area contributed by atoms with Crippen molar-refractivity contribution < 1.29 is 23.9 Å². The van der Waals surface area contributed by atoms with E-state index < -0.39 is 17.6 Å². The molecule has 0 aromatic heterocycles. The zero-order valence-corrected chi connectivity index (χ0v) is 20.3. The molecule has 4 amide bonds. The van der Waals surface area contributed by atoms with Crippen molar-refractivity contribution in [3.05, 3.63) is 35.9 Å². The van der Waals surface area contributed by atoms with Gasteiger partial charge in [-0.15, -0.1) is 0 Å². The van der Waals surface area contributed by atoms with E-state index in [1.54, 1.807) is 4.90 Å². The number of benzene rings is 2. The van der Waals surface area contributed by atoms with Gasteiger partial charge in [-0.3, -0.25) is 24.6 Å². The first kappa shape index (κ1) is 23.1. The van der Waals surface area contributed by atoms with Crippen molar-refractivity contribution in [2.45, 2.75) is 51.7 Å². The number of carbonyl (C=O) groups is 4. The van der Waals surface area contributed by atoms with E-state index in [0.29, 0.717) is 37.3 Å². The van der Waals surface area contributed by atoms with Crippen LogP contribution in [0.4, 0.5) is 16.2 Å². The first-order valence-corrected chi connectivity index (χ1v) is 12.1. The first-order chi connectivity index (χ1) is 16.6. The Bertz CT molecular complexity index is 1230. The molecule has 9 nitrogen and oxygen atoms in total. The highest BCUT2D eigenvalue weighted by Gasteiger charge is 2.41. The number of ether oxygens (including phenoxy) is 1. The van der Waals surface area contributed by atoms with E-state index in [2.05, 4.69) is 10.2 Å². The van der Waals surface area contributed by atoms with E-state index >= 15 is 0 Å². The van der Waals surface area contributed by atoms with Crippen LogP contribution in [0.5, 0.6) is 0 Å². The molecule has 9 heteroatoms. The fourth-order valence-electron chi connectivity index (χ4n) is 5.17. The average Bonchev–Trinajstić information content (AvgIpc) is 2.94. The summed E-state index contributed by atoms with van der Waals surface area (Å²) in [5.41, 5.74) is 1.72. The average molecular weight is 479 g/mol. The van der Waals surface area contributed by atoms with Gasteiger partial charge in [0.05, 0.1) is 11.3 Å². The van der Waals surface area contributed by atoms with E-state index in [9.17, 15) is 19.2 Å². The van der Waals surface area contributed by atoms with Crippen molar-refractivity contribution >= 4 is 46.0 Å². The van der Waals surface area contributed by atoms with Crippen molar-refractivity contribution in [1.29, 1.82) is 0 Å². The quantitative estimate of drug-likeness (QED) is 0.666. The van der Waals surface area contributed by atoms with Crippen LogP contribution in [0.2, 0.25) is 0 Å². The van der Waals surface area contributed by atoms with Gasteiger partial charge in [-0.25, -0.2) is 4.79 Å². The fraction of sp³-hybridized carbons (Fsp3) is 0.462. The van der Waals surface area contributed by atoms with Gasteiger partial charge in [0.25, 0.3) is 5.91 Å². The molecule has 1 unspecified atom stereocenters. The third-order valence-electron chi connectivity index (χ3n) is 6.71. The lowest BCUT2D eigenvalue weighted by molar-refractivity contribution is -0.134. The summed E-state index contributed by atoms with van der Waals surface area (Å²) < 4.78 is 5.55. The van der Waals surface area contributed by atoms with Crippen LogP contribution in [0, 0.1) is 0 Å². The van der Waals surface area contributed by atoms with Crippen molar-refractivity contribution in [3.8, 4) is 0 Å². The predicted octanol–water partition coefficient (Wildman–Crippen LogP) is 3.05. The van der Waals surface area contributed by atoms with E-state index in [1.807, 2.05) is 51.1 Å². The minimum Gasteiger partial charge on any atom is -0.444 e. The summed E-state index contributed by atoms with van der Waals surface area (Å²) in [6.07, 6.45) is 1.01. The monoisotopic (exact) mass is 478 g/mol. The lowest BCUT2D eigenvalue weighted by Crippen LogP contribution is -2.53. The van der Waals surface area contributed by atoms with Gasteiger partial charge < -0.3 is 14.5 Å². The molecule has 3 aliphatic rings. The largest absolute Gasteiger partial charge is 0.444 e. The number of nitrogens with one attached hydrogen (secondary N) is 1. The molecule has 2 aromatic rings. The topological polar surface area (TPSA) is 99.3 Å². The Morgan fingerprint density at radius 3 is 2.54 bits per heavy atom. The summed E-state index contributed by atoms with van der Waals surface area (Å²) >= 11 is 0. The summed E-state index contributed by atoms with van der Waals surface area (Å²) in [7, 11) is 0. The Morgan fingerprint density at radius 1 is 1.00 bits per heavy atom. The van der Waals surface area contributed by atoms with Crippen LogP contribution >= 0.6 is 0 Å². The van der Waals surface area contributed by atoms with Gasteiger partial charge in [0.2, 0.25) is 11.8 Å². The first-order valence-electron chi connectivity index (χ1n) is 12.1. The second-order valence-electron chi connectivity index (χ2n) is 10.3. The molecule has 0 aliphatic carbocycles. The van der Waals surface area contributed by atoms with E-state index in [4.69, 9.17) is 4.74 Å². The van der Waals surface area contributed by atoms with Gasteiger partial charge in [0.15, 0.2) is 0 Å². The molecule has 184 valence electrons. The van der Waals surface area contributed by atoms with Crippen LogP contribution in [0.25, 0.3) is 10.8 Å². The van der Waals surface area contributed by atoms with Gasteiger partial charge in [-0.1, -0.05) is 12.1 Å². The van der Waals surface area contributed by atoms with Crippen LogP contribution in [0.1, 0.15) is 50.4 Å². The number of rotatable bonds is 2. The van der Waals surface area contributed by atoms with E-state index in [-0.39, 0.29) is 24.3 Å². The fourth-order valence-corrected chi connectivity index (χ4v) is 5.17. The predicted molar refractivity (Wildman–Crippen MR) is 132 cm³/mol. The van der Waals surface area contributed by atoms with Crippen LogP contribution in [-0.2, 0) is 14.3 Å². The minimum absolute atomic E-state index is 0.208. The highest BCUT2D eigenvalue weighted by atomic mass is 16.6. The van der Waals surface area contributed by atoms with Crippen molar-refractivity contribution in [3.63, 3.8) is 0 Å². The third kappa shape index (κ3) is 4.19. The molecule has 35 heavy (non-hydrogen) atoms. The molecule has 3 heterocycles. The molecule has 2 aromatic carbocycles. The van der Waals surface area contributed by atoms with Crippen LogP contribution in [0.15, 0.2) is 30.3 Å². The van der Waals surface area contributed by atoms with Crippen LogP contribution < -0.4 is 15.1 Å². The summed E-state index contributed by atoms with van der Waals surface area (Å²) in [5, 5.41) is 4.13. The number of amides is 4. The van der Waals surface area contributed by atoms with Gasteiger partial charge >= 0.3 is 6.09 Å². The molecule has 1 N–H and O–H groups in total. The second-order valence-corrected chi connectivity index (χ2v) is 10.3. The Labute approximate surface area is 204 Å². The lowest BCUT2D eigenvalue weighted by atomic mass is 10.0. The Morgan fingerprint density at radius 2 is 1.80 bits per heavy atom. The molecule has 2 fully saturated rings. The Balaban J connectivity index is 1.44. The van der Waals surface area contributed by atoms with Gasteiger partial charge in [0.1, 0.15) is 11.6 Å². The molecule has 0 bridgehead atoms. The van der Waals surface area contributed by atoms with E-state index in [0.717, 1.165) is 29.4 Å². The van der Waals surface area contributed by atoms with E-state index in [1.165, 1.54) is 4.90 Å². The zero-order chi connectivity index (χ0) is 24.9. The van der Waals surface area contributed by atoms with Gasteiger partial charge in [-0.2, -0.15) is 0 Å². The third-order valence-corrected chi connectivity index (χ3v) is 6.71. The van der Waals surface area contributed by atoms with Crippen molar-refractivity contribution in [2.75, 3.05) is 36.0 Å². The molecule has 0 saturated carbocycles. The number of carbonyl (C=O) groups excluding carboxylic acids is 4. The van der Waals surface area contributed by atoms with Crippen LogP contribution in [-0.4, -0.2) is 66.5 Å². The number of nitrogens with zero attached hydrogens (tertiary/aromatic N) is 3. The SMILES string of the molecule is CC(C)(C)OC(=O)N1CCCN(c2ccc3c4c(cccc24)N(C2CCC(=O)NC2=O)C3=O)CC1. The second kappa shape index (κ2) is 8.55.